The lowest BCUT2D eigenvalue weighted by atomic mass is 9.99. The molecule has 0 radical (unpaired) electrons. The molecule has 2 aromatic carbocycles. The van der Waals surface area contributed by atoms with Gasteiger partial charge >= 0.3 is 0 Å². The van der Waals surface area contributed by atoms with Crippen LogP contribution in [0.2, 0.25) is 0 Å². The molecule has 154 valence electrons. The van der Waals surface area contributed by atoms with E-state index >= 15 is 0 Å². The average molecular weight is 429 g/mol. The molecule has 1 unspecified atom stereocenters. The van der Waals surface area contributed by atoms with E-state index in [0.717, 1.165) is 16.7 Å². The first-order chi connectivity index (χ1) is 14.8. The molecule has 6 heteroatoms. The molecule has 5 nitrogen and oxygen atoms in total. The number of pyridine rings is 1. The summed E-state index contributed by atoms with van der Waals surface area (Å²) in [6, 6.07) is 18.4. The summed E-state index contributed by atoms with van der Waals surface area (Å²) in [6.45, 7) is 7.84. The highest BCUT2D eigenvalue weighted by Crippen LogP contribution is 2.44. The Morgan fingerprint density at radius 3 is 2.39 bits per heavy atom. The summed E-state index contributed by atoms with van der Waals surface area (Å²) in [6.07, 6.45) is 1.44. The number of Topliss-reactive ketones (excluding diaryl/α,β-unsaturated/α-hetero) is 1. The van der Waals surface area contributed by atoms with E-state index in [1.807, 2.05) is 43.3 Å². The summed E-state index contributed by atoms with van der Waals surface area (Å²) in [5, 5.41) is 0.542. The molecule has 4 aromatic rings. The largest absolute Gasteiger partial charge is 0.293 e. The predicted molar refractivity (Wildman–Crippen MR) is 121 cm³/mol. The fraction of sp³-hybridized carbons (Fsp3) is 0.120. The van der Waals surface area contributed by atoms with Gasteiger partial charge in [-0.1, -0.05) is 55.5 Å². The van der Waals surface area contributed by atoms with Gasteiger partial charge in [0.05, 0.1) is 16.8 Å². The Balaban J connectivity index is 1.84. The third kappa shape index (κ3) is 2.79. The average Bonchev–Trinajstić information content (AvgIpc) is 3.23. The zero-order chi connectivity index (χ0) is 21.9. The number of rotatable bonds is 3. The number of carbonyl (C=O) groups excluding carboxylic acids is 1. The maximum Gasteiger partial charge on any atom is 0.286 e. The lowest BCUT2D eigenvalue weighted by Gasteiger charge is -2.13. The maximum absolute atomic E-state index is 13.6. The molecular formula is C25H20N2O3S. The van der Waals surface area contributed by atoms with E-state index < -0.39 is 15.9 Å². The van der Waals surface area contributed by atoms with Gasteiger partial charge in [-0.05, 0) is 47.9 Å². The minimum atomic E-state index is -4.02. The first-order valence-electron chi connectivity index (χ1n) is 9.96. The molecular weight excluding hydrogens is 408 g/mol. The van der Waals surface area contributed by atoms with E-state index in [4.69, 9.17) is 0 Å². The highest BCUT2D eigenvalue weighted by molar-refractivity contribution is 7.90. The van der Waals surface area contributed by atoms with Gasteiger partial charge in [0, 0.05) is 17.5 Å². The highest BCUT2D eigenvalue weighted by Gasteiger charge is 2.40. The number of ketones is 1. The number of aromatic nitrogens is 2. The number of allylic oxidation sites excluding steroid dienone is 1. The number of carbonyl (C=O) groups is 1. The summed E-state index contributed by atoms with van der Waals surface area (Å²) in [7, 11) is -4.02. The van der Waals surface area contributed by atoms with E-state index in [1.54, 1.807) is 25.1 Å². The van der Waals surface area contributed by atoms with Crippen LogP contribution in [0.3, 0.4) is 0 Å². The Kier molecular flexibility index (Phi) is 4.24. The van der Waals surface area contributed by atoms with E-state index in [1.165, 1.54) is 16.2 Å². The minimum Gasteiger partial charge on any atom is -0.293 e. The summed E-state index contributed by atoms with van der Waals surface area (Å²) in [4.78, 5) is 17.2. The van der Waals surface area contributed by atoms with Crippen LogP contribution in [0.1, 0.15) is 28.5 Å². The second kappa shape index (κ2) is 6.75. The van der Waals surface area contributed by atoms with Crippen LogP contribution >= 0.6 is 0 Å². The van der Waals surface area contributed by atoms with E-state index in [9.17, 15) is 13.2 Å². The summed E-state index contributed by atoms with van der Waals surface area (Å²) < 4.78 is 28.4. The van der Waals surface area contributed by atoms with Gasteiger partial charge in [0.2, 0.25) is 0 Å². The molecule has 31 heavy (non-hydrogen) atoms. The maximum atomic E-state index is 13.6. The molecule has 0 bridgehead atoms. The highest BCUT2D eigenvalue weighted by atomic mass is 32.2. The number of fused-ring (bicyclic) bond motifs is 3. The van der Waals surface area contributed by atoms with E-state index in [2.05, 4.69) is 11.6 Å². The summed E-state index contributed by atoms with van der Waals surface area (Å²) in [5.41, 5.74) is 4.80. The fourth-order valence-electron chi connectivity index (χ4n) is 4.15. The second-order valence-corrected chi connectivity index (χ2v) is 9.60. The first-order valence-corrected chi connectivity index (χ1v) is 11.4. The lowest BCUT2D eigenvalue weighted by Crippen LogP contribution is -2.16. The number of benzene rings is 2. The van der Waals surface area contributed by atoms with Crippen molar-refractivity contribution in [3.63, 3.8) is 0 Å². The normalized spacial score (nSPS) is 16.1. The van der Waals surface area contributed by atoms with E-state index in [0.29, 0.717) is 27.7 Å². The van der Waals surface area contributed by atoms with Crippen LogP contribution in [0, 0.1) is 12.8 Å². The second-order valence-electron chi connectivity index (χ2n) is 7.87. The van der Waals surface area contributed by atoms with Crippen molar-refractivity contribution in [2.45, 2.75) is 18.9 Å². The third-order valence-electron chi connectivity index (χ3n) is 5.92. The molecule has 1 aliphatic rings. The Morgan fingerprint density at radius 2 is 1.71 bits per heavy atom. The van der Waals surface area contributed by atoms with Gasteiger partial charge in [-0.3, -0.25) is 4.79 Å². The van der Waals surface area contributed by atoms with Crippen LogP contribution in [0.5, 0.6) is 0 Å². The van der Waals surface area contributed by atoms with Gasteiger partial charge < -0.3 is 0 Å². The third-order valence-corrected chi connectivity index (χ3v) is 7.55. The quantitative estimate of drug-likeness (QED) is 0.456. The Morgan fingerprint density at radius 1 is 1.00 bits per heavy atom. The molecule has 0 spiro atoms. The van der Waals surface area contributed by atoms with Crippen molar-refractivity contribution in [2.24, 2.45) is 5.92 Å². The van der Waals surface area contributed by atoms with Gasteiger partial charge in [-0.15, -0.1) is 0 Å². The first kappa shape index (κ1) is 19.5. The van der Waals surface area contributed by atoms with Crippen molar-refractivity contribution < 1.29 is 13.2 Å². The molecule has 0 fully saturated rings. The zero-order valence-electron chi connectivity index (χ0n) is 17.2. The molecule has 5 rings (SSSR count). The van der Waals surface area contributed by atoms with Gasteiger partial charge in [-0.25, -0.2) is 8.96 Å². The summed E-state index contributed by atoms with van der Waals surface area (Å²) in [5.74, 6) is -0.580. The van der Waals surface area contributed by atoms with Crippen molar-refractivity contribution in [1.29, 1.82) is 0 Å². The number of hydrogen-bond acceptors (Lipinski definition) is 4. The van der Waals surface area contributed by atoms with Crippen LogP contribution in [0.4, 0.5) is 0 Å². The molecule has 0 amide bonds. The van der Waals surface area contributed by atoms with Gasteiger partial charge in [0.15, 0.2) is 10.8 Å². The predicted octanol–water partition coefficient (Wildman–Crippen LogP) is 5.09. The molecule has 0 N–H and O–H groups in total. The van der Waals surface area contributed by atoms with Crippen LogP contribution < -0.4 is 0 Å². The smallest absolute Gasteiger partial charge is 0.286 e. The molecule has 1 aliphatic carbocycles. The van der Waals surface area contributed by atoms with Crippen molar-refractivity contribution in [3.05, 3.63) is 90.3 Å². The zero-order valence-corrected chi connectivity index (χ0v) is 18.0. The van der Waals surface area contributed by atoms with Crippen LogP contribution in [-0.2, 0) is 10.0 Å². The van der Waals surface area contributed by atoms with E-state index in [-0.39, 0.29) is 10.8 Å². The molecule has 1 atom stereocenters. The Bertz CT molecular complexity index is 1480. The monoisotopic (exact) mass is 428 g/mol. The lowest BCUT2D eigenvalue weighted by molar-refractivity contribution is 0.0967. The van der Waals surface area contributed by atoms with Crippen LogP contribution in [0.25, 0.3) is 27.6 Å². The number of nitrogens with zero attached hydrogens (tertiary/aromatic N) is 2. The minimum absolute atomic E-state index is 0.0721. The fourth-order valence-corrected chi connectivity index (χ4v) is 5.65. The van der Waals surface area contributed by atoms with Crippen LogP contribution in [0.15, 0.2) is 78.5 Å². The number of hydrogen-bond donors (Lipinski definition) is 0. The van der Waals surface area contributed by atoms with Crippen molar-refractivity contribution >= 4 is 32.3 Å². The van der Waals surface area contributed by atoms with Gasteiger partial charge in [0.1, 0.15) is 0 Å². The van der Waals surface area contributed by atoms with Gasteiger partial charge in [0.25, 0.3) is 10.0 Å². The molecule has 0 saturated carbocycles. The van der Waals surface area contributed by atoms with Crippen molar-refractivity contribution in [1.82, 2.24) is 8.96 Å². The van der Waals surface area contributed by atoms with Crippen molar-refractivity contribution in [3.8, 4) is 11.1 Å². The SMILES string of the molecule is C=C1c2c(c3cc(-c4ccc(C)cc4)ccc3n2S(=O)(=O)c2ccccn2)C(=O)C1C. The van der Waals surface area contributed by atoms with Crippen molar-refractivity contribution in [2.75, 3.05) is 0 Å². The van der Waals surface area contributed by atoms with Gasteiger partial charge in [-0.2, -0.15) is 8.42 Å². The summed E-state index contributed by atoms with van der Waals surface area (Å²) >= 11 is 0. The Labute approximate surface area is 180 Å². The molecule has 2 aromatic heterocycles. The topological polar surface area (TPSA) is 69.0 Å². The number of aryl methyl sites for hydroxylation is 1. The molecule has 0 aliphatic heterocycles. The molecule has 0 saturated heterocycles. The molecule has 2 heterocycles. The van der Waals surface area contributed by atoms with Crippen LogP contribution in [-0.4, -0.2) is 23.2 Å². The standard InChI is InChI=1S/C25H20N2O3S/c1-15-7-9-18(10-8-15)19-11-12-21-20(14-19)23-24(16(2)17(3)25(23)28)27(21)31(29,30)22-6-4-5-13-26-22/h4-14,17H,2H2,1,3H3. The Hall–Kier alpha value is -3.51.